The highest BCUT2D eigenvalue weighted by atomic mass is 16.6. The van der Waals surface area contributed by atoms with Crippen molar-refractivity contribution in [2.24, 2.45) is 0 Å². The van der Waals surface area contributed by atoms with Crippen molar-refractivity contribution in [3.05, 3.63) is 63.0 Å². The lowest BCUT2D eigenvalue weighted by Crippen LogP contribution is -2.03. The molecule has 2 rings (SSSR count). The van der Waals surface area contributed by atoms with Gasteiger partial charge < -0.3 is 4.74 Å². The maximum atomic E-state index is 11.0. The molecular weight excluding hydrogens is 272 g/mol. The van der Waals surface area contributed by atoms with Gasteiger partial charge in [-0.1, -0.05) is 12.1 Å². The Bertz CT molecular complexity index is 698. The van der Waals surface area contributed by atoms with E-state index < -0.39 is 4.92 Å². The molecule has 0 N–H and O–H groups in total. The number of aryl methyl sites for hydroxylation is 1. The maximum absolute atomic E-state index is 11.0. The molecule has 0 aliphatic carbocycles. The summed E-state index contributed by atoms with van der Waals surface area (Å²) in [5, 5.41) is 10.9. The number of hydrogen-bond acceptors (Lipinski definition) is 5. The number of pyridine rings is 1. The molecule has 0 aliphatic rings. The van der Waals surface area contributed by atoms with Gasteiger partial charge in [0, 0.05) is 17.3 Å². The van der Waals surface area contributed by atoms with Gasteiger partial charge in [0.05, 0.1) is 4.92 Å². The van der Waals surface area contributed by atoms with Crippen molar-refractivity contribution in [3.8, 4) is 5.75 Å². The second-order valence-corrected chi connectivity index (χ2v) is 4.56. The summed E-state index contributed by atoms with van der Waals surface area (Å²) in [7, 11) is 0. The van der Waals surface area contributed by atoms with Crippen LogP contribution in [-0.4, -0.2) is 16.2 Å². The molecule has 0 spiro atoms. The number of ether oxygens (including phenoxy) is 1. The van der Waals surface area contributed by atoms with E-state index in [9.17, 15) is 14.9 Å². The van der Waals surface area contributed by atoms with E-state index in [1.54, 1.807) is 38.1 Å². The monoisotopic (exact) mass is 286 g/mol. The first-order valence-electron chi connectivity index (χ1n) is 6.31. The first-order valence-corrected chi connectivity index (χ1v) is 6.31. The molecule has 0 atom stereocenters. The van der Waals surface area contributed by atoms with Gasteiger partial charge in [-0.2, -0.15) is 0 Å². The Morgan fingerprint density at radius 3 is 2.71 bits per heavy atom. The van der Waals surface area contributed by atoms with Gasteiger partial charge >= 0.3 is 0 Å². The van der Waals surface area contributed by atoms with Crippen molar-refractivity contribution in [2.75, 3.05) is 0 Å². The Morgan fingerprint density at radius 2 is 2.05 bits per heavy atom. The largest absolute Gasteiger partial charge is 0.486 e. The lowest BCUT2D eigenvalue weighted by atomic mass is 10.1. The standard InChI is InChI=1S/C15H14N2O4/c1-10-6-7-15(13(8-18)16-10)21-9-12-4-3-5-14(11(12)2)17(19)20/h3-8H,9H2,1-2H3. The number of hydrogen-bond donors (Lipinski definition) is 0. The van der Waals surface area contributed by atoms with Crippen LogP contribution in [0.25, 0.3) is 0 Å². The van der Waals surface area contributed by atoms with E-state index in [0.717, 1.165) is 5.69 Å². The van der Waals surface area contributed by atoms with Gasteiger partial charge in [-0.05, 0) is 31.5 Å². The lowest BCUT2D eigenvalue weighted by molar-refractivity contribution is -0.385. The second kappa shape index (κ2) is 6.13. The second-order valence-electron chi connectivity index (χ2n) is 4.56. The normalized spacial score (nSPS) is 10.2. The number of aldehydes is 1. The Hall–Kier alpha value is -2.76. The zero-order valence-corrected chi connectivity index (χ0v) is 11.7. The van der Waals surface area contributed by atoms with E-state index >= 15 is 0 Å². The van der Waals surface area contributed by atoms with Gasteiger partial charge in [-0.15, -0.1) is 0 Å². The summed E-state index contributed by atoms with van der Waals surface area (Å²) in [6.07, 6.45) is 0.628. The van der Waals surface area contributed by atoms with E-state index in [4.69, 9.17) is 4.74 Å². The molecule has 0 saturated carbocycles. The van der Waals surface area contributed by atoms with Gasteiger partial charge in [0.1, 0.15) is 18.1 Å². The van der Waals surface area contributed by atoms with Crippen LogP contribution in [0.4, 0.5) is 5.69 Å². The molecule has 1 aromatic carbocycles. The fourth-order valence-electron chi connectivity index (χ4n) is 1.95. The van der Waals surface area contributed by atoms with Gasteiger partial charge in [-0.3, -0.25) is 14.9 Å². The quantitative estimate of drug-likeness (QED) is 0.479. The van der Waals surface area contributed by atoms with E-state index in [1.165, 1.54) is 6.07 Å². The van der Waals surface area contributed by atoms with Crippen LogP contribution in [0, 0.1) is 24.0 Å². The minimum absolute atomic E-state index is 0.0498. The summed E-state index contributed by atoms with van der Waals surface area (Å²) >= 11 is 0. The molecule has 0 fully saturated rings. The van der Waals surface area contributed by atoms with Crippen molar-refractivity contribution < 1.29 is 14.5 Å². The number of carbonyl (C=O) groups excluding carboxylic acids is 1. The van der Waals surface area contributed by atoms with Crippen molar-refractivity contribution in [1.82, 2.24) is 4.98 Å². The summed E-state index contributed by atoms with van der Waals surface area (Å²) in [5.74, 6) is 0.363. The van der Waals surface area contributed by atoms with Crippen LogP contribution in [0.15, 0.2) is 30.3 Å². The van der Waals surface area contributed by atoms with Crippen molar-refractivity contribution in [2.45, 2.75) is 20.5 Å². The van der Waals surface area contributed by atoms with Crippen LogP contribution in [0.1, 0.15) is 27.3 Å². The number of rotatable bonds is 5. The minimum atomic E-state index is -0.427. The van der Waals surface area contributed by atoms with E-state index in [-0.39, 0.29) is 18.0 Å². The molecule has 6 heteroatoms. The van der Waals surface area contributed by atoms with Crippen LogP contribution in [0.5, 0.6) is 5.75 Å². The minimum Gasteiger partial charge on any atom is -0.486 e. The molecule has 1 heterocycles. The Kier molecular flexibility index (Phi) is 4.27. The van der Waals surface area contributed by atoms with Crippen LogP contribution in [0.2, 0.25) is 0 Å². The van der Waals surface area contributed by atoms with Crippen LogP contribution < -0.4 is 4.74 Å². The molecule has 108 valence electrons. The number of carbonyl (C=O) groups is 1. The third kappa shape index (κ3) is 3.22. The van der Waals surface area contributed by atoms with Gasteiger partial charge in [0.15, 0.2) is 6.29 Å². The molecule has 2 aromatic rings. The van der Waals surface area contributed by atoms with E-state index in [2.05, 4.69) is 4.98 Å². The molecule has 1 aromatic heterocycles. The van der Waals surface area contributed by atoms with Crippen LogP contribution >= 0.6 is 0 Å². The summed E-state index contributed by atoms with van der Waals surface area (Å²) in [6.45, 7) is 3.59. The highest BCUT2D eigenvalue weighted by Gasteiger charge is 2.14. The number of nitrogens with zero attached hydrogens (tertiary/aromatic N) is 2. The third-order valence-corrected chi connectivity index (χ3v) is 3.13. The number of nitro groups is 1. The molecule has 0 amide bonds. The van der Waals surface area contributed by atoms with E-state index in [1.807, 2.05) is 0 Å². The summed E-state index contributed by atoms with van der Waals surface area (Å²) < 4.78 is 5.57. The molecule has 0 saturated heterocycles. The molecule has 0 unspecified atom stereocenters. The smallest absolute Gasteiger partial charge is 0.272 e. The molecule has 21 heavy (non-hydrogen) atoms. The van der Waals surface area contributed by atoms with Gasteiger partial charge in [0.2, 0.25) is 0 Å². The van der Waals surface area contributed by atoms with E-state index in [0.29, 0.717) is 23.2 Å². The third-order valence-electron chi connectivity index (χ3n) is 3.13. The number of aromatic nitrogens is 1. The lowest BCUT2D eigenvalue weighted by Gasteiger charge is -2.10. The summed E-state index contributed by atoms with van der Waals surface area (Å²) in [6, 6.07) is 8.22. The Labute approximate surface area is 121 Å². The van der Waals surface area contributed by atoms with Crippen LogP contribution in [0.3, 0.4) is 0 Å². The predicted molar refractivity (Wildman–Crippen MR) is 76.5 cm³/mol. The van der Waals surface area contributed by atoms with Crippen molar-refractivity contribution in [3.63, 3.8) is 0 Å². The Balaban J connectivity index is 2.23. The zero-order chi connectivity index (χ0) is 15.4. The highest BCUT2D eigenvalue weighted by Crippen LogP contribution is 2.23. The summed E-state index contributed by atoms with van der Waals surface area (Å²) in [5.41, 5.74) is 2.24. The molecule has 0 radical (unpaired) electrons. The predicted octanol–water partition coefficient (Wildman–Crippen LogP) is 3.00. The average Bonchev–Trinajstić information content (AvgIpc) is 2.46. The highest BCUT2D eigenvalue weighted by molar-refractivity contribution is 5.76. The fourth-order valence-corrected chi connectivity index (χ4v) is 1.95. The fraction of sp³-hybridized carbons (Fsp3) is 0.200. The number of nitro benzene ring substituents is 1. The Morgan fingerprint density at radius 1 is 1.29 bits per heavy atom. The van der Waals surface area contributed by atoms with Crippen molar-refractivity contribution in [1.29, 1.82) is 0 Å². The SMILES string of the molecule is Cc1ccc(OCc2cccc([N+](=O)[O-])c2C)c(C=O)n1. The van der Waals surface area contributed by atoms with Crippen LogP contribution in [-0.2, 0) is 6.61 Å². The molecule has 6 nitrogen and oxygen atoms in total. The molecule has 0 bridgehead atoms. The first kappa shape index (κ1) is 14.6. The zero-order valence-electron chi connectivity index (χ0n) is 11.7. The topological polar surface area (TPSA) is 82.3 Å². The van der Waals surface area contributed by atoms with Gasteiger partial charge in [-0.25, -0.2) is 4.98 Å². The molecular formula is C15H14N2O4. The van der Waals surface area contributed by atoms with Gasteiger partial charge in [0.25, 0.3) is 5.69 Å². The number of benzene rings is 1. The summed E-state index contributed by atoms with van der Waals surface area (Å²) in [4.78, 5) is 25.5. The maximum Gasteiger partial charge on any atom is 0.272 e. The van der Waals surface area contributed by atoms with Crippen molar-refractivity contribution >= 4 is 12.0 Å². The molecule has 0 aliphatic heterocycles. The first-order chi connectivity index (χ1) is 10.0. The average molecular weight is 286 g/mol.